The van der Waals surface area contributed by atoms with Crippen molar-refractivity contribution in [3.63, 3.8) is 0 Å². The van der Waals surface area contributed by atoms with Gasteiger partial charge in [-0.05, 0) is 124 Å². The first-order valence-corrected chi connectivity index (χ1v) is 22.2. The molecular weight excluding hydrogens is 939 g/mol. The molecule has 0 bridgehead atoms. The van der Waals surface area contributed by atoms with Crippen molar-refractivity contribution < 1.29 is 43.5 Å². The molecule has 58 heavy (non-hydrogen) atoms. The molecule has 0 saturated heterocycles. The van der Waals surface area contributed by atoms with Crippen molar-refractivity contribution in [2.75, 3.05) is 0 Å². The van der Waals surface area contributed by atoms with Gasteiger partial charge >= 0.3 is 19.5 Å². The van der Waals surface area contributed by atoms with Crippen molar-refractivity contribution in [2.24, 2.45) is 5.92 Å². The summed E-state index contributed by atoms with van der Waals surface area (Å²) in [5.74, 6) is 3.41. The second-order valence-corrected chi connectivity index (χ2v) is 18.8. The van der Waals surface area contributed by atoms with E-state index in [1.807, 2.05) is 0 Å². The van der Waals surface area contributed by atoms with E-state index >= 15 is 0 Å². The summed E-state index contributed by atoms with van der Waals surface area (Å²) in [6.07, 6.45) is 8.71. The standard InChI is InChI=1S/C44H32P2.C10H14.HI.Ru/c1-5-19-35(20-6-1)45(36-21-7-2-8-22-36)41-31-29-33-17-13-15-27-39(33)43(41)44-40-28-16-14-18-34(40)30-32-42(44)46(37-23-9-3-10-24-37)38-25-11-4-12-26-38;1-8(2)10-6-4-9(3)5-7-10;;/h1-32H;4-8H,1-3H3;1H;/q;;;+2/p-1. The Bertz CT molecular complexity index is 2240. The smallest absolute Gasteiger partial charge is 1.00 e. The van der Waals surface area contributed by atoms with Crippen molar-refractivity contribution in [2.45, 2.75) is 20.8 Å². The number of benzene rings is 8. The molecule has 0 aromatic heterocycles. The molecule has 0 N–H and O–H groups in total. The van der Waals surface area contributed by atoms with Gasteiger partial charge < -0.3 is 24.0 Å². The number of hydrogen-bond acceptors (Lipinski definition) is 0. The molecule has 0 nitrogen and oxygen atoms in total. The van der Waals surface area contributed by atoms with Gasteiger partial charge in [-0.1, -0.05) is 215 Å². The Hall–Kier alpha value is -3.51. The Morgan fingerprint density at radius 2 is 0.672 bits per heavy atom. The van der Waals surface area contributed by atoms with Crippen LogP contribution >= 0.6 is 15.8 Å². The van der Waals surface area contributed by atoms with Gasteiger partial charge in [0.05, 0.1) is 0 Å². The van der Waals surface area contributed by atoms with E-state index in [1.54, 1.807) is 0 Å². The second kappa shape index (κ2) is 21.1. The summed E-state index contributed by atoms with van der Waals surface area (Å²) in [7, 11) is -1.70. The predicted molar refractivity (Wildman–Crippen MR) is 248 cm³/mol. The Morgan fingerprint density at radius 3 is 1.00 bits per heavy atom. The predicted octanol–water partition coefficient (Wildman–Crippen LogP) is 8.82. The molecule has 0 atom stereocenters. The van der Waals surface area contributed by atoms with Crippen LogP contribution in [-0.4, -0.2) is 0 Å². The van der Waals surface area contributed by atoms with Gasteiger partial charge in [-0.15, -0.1) is 0 Å². The van der Waals surface area contributed by atoms with E-state index in [4.69, 9.17) is 0 Å². The van der Waals surface area contributed by atoms with Crippen molar-refractivity contribution in [1.82, 2.24) is 0 Å². The van der Waals surface area contributed by atoms with Crippen molar-refractivity contribution in [3.8, 4) is 11.1 Å². The van der Waals surface area contributed by atoms with Gasteiger partial charge in [0.25, 0.3) is 0 Å². The molecule has 0 spiro atoms. The van der Waals surface area contributed by atoms with Crippen LogP contribution in [0.5, 0.6) is 0 Å². The minimum absolute atomic E-state index is 0. The summed E-state index contributed by atoms with van der Waals surface area (Å²) >= 11 is 0. The van der Waals surface area contributed by atoms with Crippen LogP contribution in [-0.2, 0) is 19.5 Å². The summed E-state index contributed by atoms with van der Waals surface area (Å²) in [6, 6.07) is 71.8. The van der Waals surface area contributed by atoms with Crippen LogP contribution in [0.15, 0.2) is 194 Å². The first-order chi connectivity index (χ1) is 27.6. The van der Waals surface area contributed by atoms with Gasteiger partial charge in [-0.3, -0.25) is 0 Å². The first-order valence-electron chi connectivity index (χ1n) is 19.5. The topological polar surface area (TPSA) is 0 Å². The van der Waals surface area contributed by atoms with Crippen LogP contribution < -0.4 is 55.8 Å². The molecule has 286 valence electrons. The molecular formula is C54H46IP2Ru+. The number of fused-ring (bicyclic) bond motifs is 2. The Labute approximate surface area is 379 Å². The molecule has 1 aliphatic rings. The van der Waals surface area contributed by atoms with Gasteiger partial charge in [0.2, 0.25) is 0 Å². The molecule has 0 heterocycles. The van der Waals surface area contributed by atoms with E-state index in [9.17, 15) is 0 Å². The van der Waals surface area contributed by atoms with Gasteiger partial charge in [0.1, 0.15) is 0 Å². The first kappa shape index (κ1) is 44.1. The molecule has 4 heteroatoms. The molecule has 0 aliphatic heterocycles. The maximum Gasteiger partial charge on any atom is 2.00 e. The largest absolute Gasteiger partial charge is 2.00 e. The van der Waals surface area contributed by atoms with Crippen LogP contribution in [0.1, 0.15) is 20.8 Å². The van der Waals surface area contributed by atoms with Crippen LogP contribution in [0.2, 0.25) is 0 Å². The zero-order chi connectivity index (χ0) is 38.3. The third-order valence-corrected chi connectivity index (χ3v) is 15.3. The number of halogens is 1. The van der Waals surface area contributed by atoms with Gasteiger partial charge in [-0.25, -0.2) is 0 Å². The third-order valence-electron chi connectivity index (χ3n) is 10.3. The van der Waals surface area contributed by atoms with Gasteiger partial charge in [-0.2, -0.15) is 0 Å². The molecule has 0 amide bonds. The summed E-state index contributed by atoms with van der Waals surface area (Å²) in [5.41, 5.74) is 2.70. The van der Waals surface area contributed by atoms with Crippen LogP contribution in [0.4, 0.5) is 0 Å². The molecule has 8 aromatic carbocycles. The zero-order valence-corrected chi connectivity index (χ0v) is 38.7. The van der Waals surface area contributed by atoms with Crippen molar-refractivity contribution >= 4 is 69.2 Å². The molecule has 8 aromatic rings. The Morgan fingerprint density at radius 1 is 0.362 bits per heavy atom. The number of rotatable bonds is 8. The maximum absolute atomic E-state index is 2.42. The second-order valence-electron chi connectivity index (χ2n) is 14.4. The fourth-order valence-electron chi connectivity index (χ4n) is 7.53. The molecule has 0 unspecified atom stereocenters. The van der Waals surface area contributed by atoms with E-state index in [0.29, 0.717) is 5.92 Å². The average Bonchev–Trinajstić information content (AvgIpc) is 3.26. The summed E-state index contributed by atoms with van der Waals surface area (Å²) in [5, 5.41) is 13.3. The van der Waals surface area contributed by atoms with E-state index in [0.717, 1.165) is 0 Å². The summed E-state index contributed by atoms with van der Waals surface area (Å²) in [4.78, 5) is 0. The van der Waals surface area contributed by atoms with E-state index in [1.165, 1.54) is 76.3 Å². The maximum atomic E-state index is 2.42. The zero-order valence-electron chi connectivity index (χ0n) is 33.0. The minimum Gasteiger partial charge on any atom is -1.00 e. The normalized spacial score (nSPS) is 13.2. The van der Waals surface area contributed by atoms with Crippen LogP contribution in [0.25, 0.3) is 32.7 Å². The van der Waals surface area contributed by atoms with E-state index < -0.39 is 15.8 Å². The van der Waals surface area contributed by atoms with E-state index in [2.05, 4.69) is 241 Å². The van der Waals surface area contributed by atoms with E-state index in [-0.39, 0.29) is 43.5 Å². The fourth-order valence-corrected chi connectivity index (χ4v) is 12.5. The summed E-state index contributed by atoms with van der Waals surface area (Å²) in [6.45, 7) is 6.54. The molecule has 1 saturated carbocycles. The fraction of sp³-hybridized carbons (Fsp3) is 0.0741. The number of hydrogen-bond donors (Lipinski definition) is 0. The SMILES string of the molecule is C[C]1[CH][CH][C](C(C)C)[CH][CH]1.[I-].[Ru+2].c1ccc(P(c2ccccc2)c2ccc3ccccc3c2-c2c(P(c3ccccc3)c3ccccc3)ccc3ccccc23)cc1. The monoisotopic (exact) mass is 985 g/mol. The van der Waals surface area contributed by atoms with Crippen molar-refractivity contribution in [1.29, 1.82) is 0 Å². The van der Waals surface area contributed by atoms with Crippen molar-refractivity contribution in [3.05, 3.63) is 232 Å². The Kier molecular flexibility index (Phi) is 16.1. The third kappa shape index (κ3) is 9.91. The molecule has 6 radical (unpaired) electrons. The van der Waals surface area contributed by atoms with Crippen LogP contribution in [0.3, 0.4) is 0 Å². The van der Waals surface area contributed by atoms with Crippen LogP contribution in [0, 0.1) is 43.4 Å². The van der Waals surface area contributed by atoms with Gasteiger partial charge in [0, 0.05) is 0 Å². The minimum atomic E-state index is -0.852. The van der Waals surface area contributed by atoms with Gasteiger partial charge in [0.15, 0.2) is 0 Å². The molecule has 1 aliphatic carbocycles. The molecule has 1 fully saturated rings. The summed E-state index contributed by atoms with van der Waals surface area (Å²) < 4.78 is 0. The Balaban J connectivity index is 0.000000416. The average molecular weight is 985 g/mol. The quantitative estimate of drug-likeness (QED) is 0.0812. The molecule has 9 rings (SSSR count).